The molecule has 0 bridgehead atoms. The number of rotatable bonds is 2. The fraction of sp³-hybridized carbons (Fsp3) is 0.300. The molecule has 0 aliphatic rings. The Labute approximate surface area is 82.9 Å². The first-order valence-electron chi connectivity index (χ1n) is 4.03. The Morgan fingerprint density at radius 3 is 2.77 bits per heavy atom. The molecule has 0 aromatic heterocycles. The molecule has 1 rings (SSSR count). The average molecular weight is 195 g/mol. The van der Waals surface area contributed by atoms with Gasteiger partial charge in [0, 0.05) is 11.1 Å². The third kappa shape index (κ3) is 2.73. The van der Waals surface area contributed by atoms with E-state index in [0.29, 0.717) is 11.4 Å². The van der Waals surface area contributed by atoms with Crippen LogP contribution in [0.25, 0.3) is 0 Å². The van der Waals surface area contributed by atoms with Gasteiger partial charge in [0.1, 0.15) is 0 Å². The van der Waals surface area contributed by atoms with Crippen molar-refractivity contribution in [3.63, 3.8) is 0 Å². The van der Waals surface area contributed by atoms with Crippen LogP contribution in [0, 0.1) is 18.3 Å². The number of hydrogen-bond acceptors (Lipinski definition) is 2. The van der Waals surface area contributed by atoms with Crippen LogP contribution in [-0.4, -0.2) is 0 Å². The molecule has 0 amide bonds. The van der Waals surface area contributed by atoms with Crippen LogP contribution in [0.15, 0.2) is 18.2 Å². The van der Waals surface area contributed by atoms with Crippen LogP contribution in [0.2, 0.25) is 5.02 Å². The highest BCUT2D eigenvalue weighted by atomic mass is 35.5. The van der Waals surface area contributed by atoms with Gasteiger partial charge in [-0.2, -0.15) is 5.26 Å². The molecule has 0 fully saturated rings. The largest absolute Gasteiger partial charge is 0.323 e. The van der Waals surface area contributed by atoms with Crippen molar-refractivity contribution < 1.29 is 0 Å². The first-order valence-corrected chi connectivity index (χ1v) is 4.41. The highest BCUT2D eigenvalue weighted by molar-refractivity contribution is 6.30. The molecule has 1 atom stereocenters. The van der Waals surface area contributed by atoms with Crippen LogP contribution in [0.3, 0.4) is 0 Å². The predicted octanol–water partition coefficient (Wildman–Crippen LogP) is 2.56. The minimum atomic E-state index is -0.234. The Morgan fingerprint density at radius 2 is 2.23 bits per heavy atom. The lowest BCUT2D eigenvalue weighted by Gasteiger charge is -2.09. The Bertz CT molecular complexity index is 321. The van der Waals surface area contributed by atoms with Gasteiger partial charge in [-0.15, -0.1) is 0 Å². The fourth-order valence-electron chi connectivity index (χ4n) is 1.19. The van der Waals surface area contributed by atoms with Gasteiger partial charge >= 0.3 is 0 Å². The first kappa shape index (κ1) is 10.0. The summed E-state index contributed by atoms with van der Waals surface area (Å²) in [6.45, 7) is 1.95. The van der Waals surface area contributed by atoms with Crippen molar-refractivity contribution in [2.45, 2.75) is 19.4 Å². The molecule has 68 valence electrons. The van der Waals surface area contributed by atoms with E-state index in [9.17, 15) is 0 Å². The maximum absolute atomic E-state index is 8.47. The van der Waals surface area contributed by atoms with Crippen molar-refractivity contribution in [2.75, 3.05) is 0 Å². The second kappa shape index (κ2) is 4.27. The molecule has 0 saturated carbocycles. The van der Waals surface area contributed by atoms with Crippen molar-refractivity contribution in [3.8, 4) is 6.07 Å². The maximum atomic E-state index is 8.47. The van der Waals surface area contributed by atoms with E-state index in [0.717, 1.165) is 11.1 Å². The van der Waals surface area contributed by atoms with Crippen molar-refractivity contribution in [2.24, 2.45) is 5.73 Å². The zero-order chi connectivity index (χ0) is 9.84. The van der Waals surface area contributed by atoms with E-state index in [2.05, 4.69) is 0 Å². The number of nitrogens with two attached hydrogens (primary N) is 1. The second-order valence-electron chi connectivity index (χ2n) is 3.03. The highest BCUT2D eigenvalue weighted by Gasteiger charge is 2.06. The summed E-state index contributed by atoms with van der Waals surface area (Å²) >= 11 is 5.86. The van der Waals surface area contributed by atoms with Crippen molar-refractivity contribution >= 4 is 11.6 Å². The van der Waals surface area contributed by atoms with Gasteiger partial charge in [0.15, 0.2) is 0 Å². The van der Waals surface area contributed by atoms with Gasteiger partial charge in [-0.25, -0.2) is 0 Å². The summed E-state index contributed by atoms with van der Waals surface area (Å²) in [5.74, 6) is 0. The molecular weight excluding hydrogens is 184 g/mol. The minimum absolute atomic E-state index is 0.234. The SMILES string of the molecule is Cc1cc(Cl)cc([C@H](N)CC#N)c1. The molecule has 0 spiro atoms. The summed E-state index contributed by atoms with van der Waals surface area (Å²) in [7, 11) is 0. The minimum Gasteiger partial charge on any atom is -0.323 e. The quantitative estimate of drug-likeness (QED) is 0.787. The van der Waals surface area contributed by atoms with Gasteiger partial charge in [0.2, 0.25) is 0 Å². The summed E-state index contributed by atoms with van der Waals surface area (Å²) < 4.78 is 0. The van der Waals surface area contributed by atoms with Crippen LogP contribution in [0.4, 0.5) is 0 Å². The predicted molar refractivity (Wildman–Crippen MR) is 53.3 cm³/mol. The Hall–Kier alpha value is -1.04. The highest BCUT2D eigenvalue weighted by Crippen LogP contribution is 2.20. The topological polar surface area (TPSA) is 49.8 Å². The summed E-state index contributed by atoms with van der Waals surface area (Å²) in [4.78, 5) is 0. The van der Waals surface area contributed by atoms with E-state index in [1.807, 2.05) is 25.1 Å². The maximum Gasteiger partial charge on any atom is 0.0641 e. The van der Waals surface area contributed by atoms with E-state index in [-0.39, 0.29) is 6.04 Å². The number of nitriles is 1. The third-order valence-corrected chi connectivity index (χ3v) is 2.02. The Morgan fingerprint density at radius 1 is 1.54 bits per heavy atom. The van der Waals surface area contributed by atoms with Crippen LogP contribution >= 0.6 is 11.6 Å². The molecule has 2 N–H and O–H groups in total. The number of nitrogens with zero attached hydrogens (tertiary/aromatic N) is 1. The zero-order valence-electron chi connectivity index (χ0n) is 7.42. The van der Waals surface area contributed by atoms with E-state index < -0.39 is 0 Å². The normalized spacial score (nSPS) is 12.2. The molecule has 0 radical (unpaired) electrons. The standard InChI is InChI=1S/C10H11ClN2/c1-7-4-8(6-9(11)5-7)10(13)2-3-12/h4-6,10H,2,13H2,1H3/t10-/m1/s1. The monoisotopic (exact) mass is 194 g/mol. The molecular formula is C10H11ClN2. The number of aryl methyl sites for hydroxylation is 1. The van der Waals surface area contributed by atoms with Crippen LogP contribution in [0.1, 0.15) is 23.6 Å². The van der Waals surface area contributed by atoms with Gasteiger partial charge < -0.3 is 5.73 Å². The van der Waals surface area contributed by atoms with Crippen molar-refractivity contribution in [1.82, 2.24) is 0 Å². The van der Waals surface area contributed by atoms with Gasteiger partial charge in [0.05, 0.1) is 12.5 Å². The van der Waals surface area contributed by atoms with Crippen LogP contribution in [0.5, 0.6) is 0 Å². The van der Waals surface area contributed by atoms with Crippen LogP contribution < -0.4 is 5.73 Å². The van der Waals surface area contributed by atoms with Crippen molar-refractivity contribution in [1.29, 1.82) is 5.26 Å². The molecule has 0 heterocycles. The molecule has 0 aliphatic carbocycles. The second-order valence-corrected chi connectivity index (χ2v) is 3.47. The third-order valence-electron chi connectivity index (χ3n) is 1.80. The van der Waals surface area contributed by atoms with Gasteiger partial charge in [-0.1, -0.05) is 17.7 Å². The molecule has 13 heavy (non-hydrogen) atoms. The van der Waals surface area contributed by atoms with Gasteiger partial charge in [-0.05, 0) is 30.2 Å². The van der Waals surface area contributed by atoms with E-state index in [4.69, 9.17) is 22.6 Å². The average Bonchev–Trinajstić information content (AvgIpc) is 2.03. The van der Waals surface area contributed by atoms with Gasteiger partial charge in [-0.3, -0.25) is 0 Å². The lowest BCUT2D eigenvalue weighted by molar-refractivity contribution is 0.748. The van der Waals surface area contributed by atoms with Crippen LogP contribution in [-0.2, 0) is 0 Å². The summed E-state index contributed by atoms with van der Waals surface area (Å²) in [6, 6.07) is 7.42. The molecule has 0 saturated heterocycles. The Balaban J connectivity index is 2.95. The van der Waals surface area contributed by atoms with E-state index >= 15 is 0 Å². The summed E-state index contributed by atoms with van der Waals surface area (Å²) in [6.07, 6.45) is 0.319. The first-order chi connectivity index (χ1) is 6.13. The zero-order valence-corrected chi connectivity index (χ0v) is 8.17. The van der Waals surface area contributed by atoms with Gasteiger partial charge in [0.25, 0.3) is 0 Å². The molecule has 2 nitrogen and oxygen atoms in total. The van der Waals surface area contributed by atoms with E-state index in [1.54, 1.807) is 6.07 Å². The lowest BCUT2D eigenvalue weighted by Crippen LogP contribution is -2.09. The fourth-order valence-corrected chi connectivity index (χ4v) is 1.49. The number of hydrogen-bond donors (Lipinski definition) is 1. The summed E-state index contributed by atoms with van der Waals surface area (Å²) in [5, 5.41) is 9.14. The number of halogens is 1. The molecule has 1 aromatic carbocycles. The molecule has 3 heteroatoms. The van der Waals surface area contributed by atoms with Crippen molar-refractivity contribution in [3.05, 3.63) is 34.3 Å². The lowest BCUT2D eigenvalue weighted by atomic mass is 10.0. The number of benzene rings is 1. The smallest absolute Gasteiger partial charge is 0.0641 e. The molecule has 1 aromatic rings. The Kier molecular flexibility index (Phi) is 3.30. The van der Waals surface area contributed by atoms with E-state index in [1.165, 1.54) is 0 Å². The molecule has 0 aliphatic heterocycles. The summed E-state index contributed by atoms with van der Waals surface area (Å²) in [5.41, 5.74) is 7.75. The molecule has 0 unspecified atom stereocenters.